The topological polar surface area (TPSA) is 66.4 Å². The fourth-order valence-corrected chi connectivity index (χ4v) is 2.00. The maximum absolute atomic E-state index is 11.7. The maximum atomic E-state index is 11.7. The van der Waals surface area contributed by atoms with Gasteiger partial charge in [-0.05, 0) is 18.3 Å². The molecule has 4 heteroatoms. The molecule has 0 aliphatic heterocycles. The first-order valence-corrected chi connectivity index (χ1v) is 6.58. The lowest BCUT2D eigenvalue weighted by Gasteiger charge is -2.16. The van der Waals surface area contributed by atoms with Gasteiger partial charge >= 0.3 is 5.97 Å². The van der Waals surface area contributed by atoms with Crippen LogP contribution < -0.4 is 5.32 Å². The van der Waals surface area contributed by atoms with Gasteiger partial charge in [-0.3, -0.25) is 4.79 Å². The predicted molar refractivity (Wildman–Crippen MR) is 65.6 cm³/mol. The molecule has 1 unspecified atom stereocenters. The Hall–Kier alpha value is -1.06. The minimum Gasteiger partial charge on any atom is -0.480 e. The molecule has 1 fully saturated rings. The summed E-state index contributed by atoms with van der Waals surface area (Å²) in [7, 11) is 0. The average molecular weight is 241 g/mol. The summed E-state index contributed by atoms with van der Waals surface area (Å²) in [6, 6.07) is -0.690. The Labute approximate surface area is 103 Å². The van der Waals surface area contributed by atoms with Gasteiger partial charge < -0.3 is 10.4 Å². The van der Waals surface area contributed by atoms with Crippen LogP contribution in [0.4, 0.5) is 0 Å². The van der Waals surface area contributed by atoms with Crippen LogP contribution >= 0.6 is 0 Å². The number of aliphatic carboxylic acids is 1. The summed E-state index contributed by atoms with van der Waals surface area (Å²) in [6.07, 6.45) is 5.17. The number of hydrogen-bond donors (Lipinski definition) is 2. The number of carboxylic acids is 1. The number of carboxylic acid groups (broad SMARTS) is 1. The Morgan fingerprint density at radius 3 is 2.29 bits per heavy atom. The van der Waals surface area contributed by atoms with Crippen LogP contribution in [0.2, 0.25) is 0 Å². The molecule has 17 heavy (non-hydrogen) atoms. The molecule has 1 rings (SSSR count). The molecule has 0 saturated heterocycles. The van der Waals surface area contributed by atoms with Crippen LogP contribution in [0.25, 0.3) is 0 Å². The summed E-state index contributed by atoms with van der Waals surface area (Å²) >= 11 is 0. The van der Waals surface area contributed by atoms with Crippen LogP contribution in [0.1, 0.15) is 52.4 Å². The van der Waals surface area contributed by atoms with Crippen molar-refractivity contribution in [3.8, 4) is 0 Å². The predicted octanol–water partition coefficient (Wildman–Crippen LogP) is 2.18. The van der Waals surface area contributed by atoms with E-state index in [9.17, 15) is 9.59 Å². The molecule has 0 radical (unpaired) electrons. The van der Waals surface area contributed by atoms with Gasteiger partial charge in [-0.15, -0.1) is 0 Å². The Balaban J connectivity index is 2.37. The summed E-state index contributed by atoms with van der Waals surface area (Å²) < 4.78 is 0. The summed E-state index contributed by atoms with van der Waals surface area (Å²) in [5, 5.41) is 11.7. The van der Waals surface area contributed by atoms with Gasteiger partial charge in [0.05, 0.1) is 0 Å². The monoisotopic (exact) mass is 241 g/mol. The van der Waals surface area contributed by atoms with E-state index in [4.69, 9.17) is 5.11 Å². The van der Waals surface area contributed by atoms with Gasteiger partial charge in [0.25, 0.3) is 0 Å². The summed E-state index contributed by atoms with van der Waals surface area (Å²) in [6.45, 7) is 4.11. The van der Waals surface area contributed by atoms with Gasteiger partial charge in [0, 0.05) is 6.42 Å². The lowest BCUT2D eigenvalue weighted by molar-refractivity contribution is -0.142. The number of carbonyl (C=O) groups excluding carboxylic acids is 1. The smallest absolute Gasteiger partial charge is 0.326 e. The molecule has 0 aromatic rings. The van der Waals surface area contributed by atoms with Gasteiger partial charge in [0.15, 0.2) is 0 Å². The van der Waals surface area contributed by atoms with E-state index in [2.05, 4.69) is 19.2 Å². The first-order chi connectivity index (χ1) is 8.06. The summed E-state index contributed by atoms with van der Waals surface area (Å²) in [4.78, 5) is 22.7. The van der Waals surface area contributed by atoms with Crippen LogP contribution in [-0.2, 0) is 9.59 Å². The molecule has 0 spiro atoms. The summed E-state index contributed by atoms with van der Waals surface area (Å²) in [5.41, 5.74) is 0. The van der Waals surface area contributed by atoms with E-state index in [0.717, 1.165) is 25.7 Å². The van der Waals surface area contributed by atoms with E-state index in [-0.39, 0.29) is 5.91 Å². The van der Waals surface area contributed by atoms with Gasteiger partial charge in [0.1, 0.15) is 6.04 Å². The molecule has 1 atom stereocenters. The van der Waals surface area contributed by atoms with E-state index in [1.807, 2.05) is 0 Å². The van der Waals surface area contributed by atoms with E-state index in [0.29, 0.717) is 24.7 Å². The molecule has 0 bridgehead atoms. The largest absolute Gasteiger partial charge is 0.480 e. The van der Waals surface area contributed by atoms with Crippen LogP contribution in [0.5, 0.6) is 0 Å². The Bertz CT molecular complexity index is 270. The van der Waals surface area contributed by atoms with Crippen molar-refractivity contribution in [1.82, 2.24) is 5.32 Å². The first kappa shape index (κ1) is 14.0. The van der Waals surface area contributed by atoms with E-state index >= 15 is 0 Å². The second-order valence-corrected chi connectivity index (χ2v) is 5.02. The highest BCUT2D eigenvalue weighted by atomic mass is 16.4. The minimum atomic E-state index is -0.908. The van der Waals surface area contributed by atoms with Crippen LogP contribution in [-0.4, -0.2) is 23.0 Å². The highest BCUT2D eigenvalue weighted by molar-refractivity contribution is 5.83. The molecular formula is C13H23NO3. The van der Waals surface area contributed by atoms with Crippen molar-refractivity contribution in [2.75, 3.05) is 0 Å². The third-order valence-electron chi connectivity index (χ3n) is 3.53. The second-order valence-electron chi connectivity index (χ2n) is 5.02. The third kappa shape index (κ3) is 5.20. The molecule has 1 aliphatic rings. The SMILES string of the molecule is CCC(CC)CC(=O)NC(CC1CC1)C(=O)O. The molecule has 0 aromatic heterocycles. The zero-order valence-electron chi connectivity index (χ0n) is 10.7. The molecule has 1 aliphatic carbocycles. The van der Waals surface area contributed by atoms with Crippen molar-refractivity contribution in [1.29, 1.82) is 0 Å². The minimum absolute atomic E-state index is 0.119. The number of rotatable bonds is 8. The molecule has 1 amide bonds. The molecule has 2 N–H and O–H groups in total. The molecule has 0 aromatic carbocycles. The van der Waals surface area contributed by atoms with E-state index in [1.54, 1.807) is 0 Å². The van der Waals surface area contributed by atoms with Crippen molar-refractivity contribution in [3.63, 3.8) is 0 Å². The fourth-order valence-electron chi connectivity index (χ4n) is 2.00. The van der Waals surface area contributed by atoms with E-state index in [1.165, 1.54) is 0 Å². The highest BCUT2D eigenvalue weighted by Gasteiger charge is 2.30. The van der Waals surface area contributed by atoms with Crippen molar-refractivity contribution >= 4 is 11.9 Å². The quantitative estimate of drug-likeness (QED) is 0.684. The zero-order chi connectivity index (χ0) is 12.8. The Morgan fingerprint density at radius 2 is 1.88 bits per heavy atom. The Morgan fingerprint density at radius 1 is 1.29 bits per heavy atom. The van der Waals surface area contributed by atoms with Crippen molar-refractivity contribution in [2.45, 2.75) is 58.4 Å². The maximum Gasteiger partial charge on any atom is 0.326 e. The lowest BCUT2D eigenvalue weighted by atomic mass is 9.99. The van der Waals surface area contributed by atoms with Crippen molar-refractivity contribution in [2.24, 2.45) is 11.8 Å². The molecule has 0 heterocycles. The number of carbonyl (C=O) groups is 2. The molecular weight excluding hydrogens is 218 g/mol. The van der Waals surface area contributed by atoms with Crippen LogP contribution in [0, 0.1) is 11.8 Å². The summed E-state index contributed by atoms with van der Waals surface area (Å²) in [5.74, 6) is -0.156. The van der Waals surface area contributed by atoms with Crippen molar-refractivity contribution < 1.29 is 14.7 Å². The zero-order valence-corrected chi connectivity index (χ0v) is 10.7. The lowest BCUT2D eigenvalue weighted by Crippen LogP contribution is -2.41. The number of amides is 1. The Kier molecular flexibility index (Phi) is 5.45. The van der Waals surface area contributed by atoms with Crippen LogP contribution in [0.15, 0.2) is 0 Å². The fraction of sp³-hybridized carbons (Fsp3) is 0.846. The van der Waals surface area contributed by atoms with Gasteiger partial charge in [-0.25, -0.2) is 4.79 Å². The average Bonchev–Trinajstić information content (AvgIpc) is 3.08. The molecule has 1 saturated carbocycles. The first-order valence-electron chi connectivity index (χ1n) is 6.58. The second kappa shape index (κ2) is 6.62. The highest BCUT2D eigenvalue weighted by Crippen LogP contribution is 2.33. The van der Waals surface area contributed by atoms with Gasteiger partial charge in [0.2, 0.25) is 5.91 Å². The van der Waals surface area contributed by atoms with Gasteiger partial charge in [-0.1, -0.05) is 39.5 Å². The van der Waals surface area contributed by atoms with E-state index < -0.39 is 12.0 Å². The van der Waals surface area contributed by atoms with Gasteiger partial charge in [-0.2, -0.15) is 0 Å². The molecule has 4 nitrogen and oxygen atoms in total. The number of hydrogen-bond acceptors (Lipinski definition) is 2. The normalized spacial score (nSPS) is 16.9. The molecule has 98 valence electrons. The number of nitrogens with one attached hydrogen (secondary N) is 1. The van der Waals surface area contributed by atoms with Crippen LogP contribution in [0.3, 0.4) is 0 Å². The standard InChI is InChI=1S/C13H23NO3/c1-3-9(4-2)8-12(15)14-11(13(16)17)7-10-5-6-10/h9-11H,3-8H2,1-2H3,(H,14,15)(H,16,17). The third-order valence-corrected chi connectivity index (χ3v) is 3.53. The van der Waals surface area contributed by atoms with Crippen molar-refractivity contribution in [3.05, 3.63) is 0 Å².